The Morgan fingerprint density at radius 2 is 1.02 bits per heavy atom. The molecule has 1 unspecified atom stereocenters. The van der Waals surface area contributed by atoms with Crippen LogP contribution < -0.4 is 0 Å². The number of hydrogen-bond acceptors (Lipinski definition) is 9. The topological polar surface area (TPSA) is 149 Å². The molecule has 0 aliphatic rings. The fourth-order valence-electron chi connectivity index (χ4n) is 5.25. The zero-order chi connectivity index (χ0) is 39.8. The molecule has 3 N–H and O–H groups in total. The minimum atomic E-state index is -4.62. The van der Waals surface area contributed by atoms with Crippen molar-refractivity contribution in [3.63, 3.8) is 0 Å². The monoisotopic (exact) mass is 783 g/mol. The Morgan fingerprint density at radius 3 is 1.54 bits per heavy atom. The number of aliphatic hydroxyl groups is 2. The van der Waals surface area contributed by atoms with Gasteiger partial charge in [-0.15, -0.1) is 0 Å². The zero-order valence-electron chi connectivity index (χ0n) is 33.7. The van der Waals surface area contributed by atoms with E-state index in [2.05, 4.69) is 79.1 Å². The Kier molecular flexibility index (Phi) is 37.2. The fourth-order valence-corrected chi connectivity index (χ4v) is 6.04. The molecule has 0 saturated carbocycles. The average Bonchev–Trinajstić information content (AvgIpc) is 3.16. The molecule has 11 heteroatoms. The summed E-state index contributed by atoms with van der Waals surface area (Å²) >= 11 is 0. The summed E-state index contributed by atoms with van der Waals surface area (Å²) in [6.07, 6.45) is 41.9. The predicted molar refractivity (Wildman–Crippen MR) is 219 cm³/mol. The van der Waals surface area contributed by atoms with E-state index in [4.69, 9.17) is 19.1 Å². The van der Waals surface area contributed by atoms with E-state index in [0.717, 1.165) is 70.6 Å². The van der Waals surface area contributed by atoms with Gasteiger partial charge in [0.05, 0.1) is 19.8 Å². The van der Waals surface area contributed by atoms with Crippen molar-refractivity contribution >= 4 is 19.8 Å². The third-order valence-corrected chi connectivity index (χ3v) is 9.39. The highest BCUT2D eigenvalue weighted by molar-refractivity contribution is 7.47. The van der Waals surface area contributed by atoms with E-state index in [1.807, 2.05) is 0 Å². The van der Waals surface area contributed by atoms with Crippen molar-refractivity contribution in [1.29, 1.82) is 0 Å². The molecule has 0 aromatic heterocycles. The number of esters is 2. The standard InChI is InChI=1S/C43H75O10P/c1-3-5-7-9-11-13-15-17-18-19-20-21-22-23-25-27-29-31-33-35-43(47)53-41(39-52-54(48,49)51-37-40(45)36-44)38-50-42(46)34-32-30-28-26-24-16-14-12-10-8-6-4-2/h5,7,11,13,17-18,20-21,23,25,40-41,44-45H,3-4,6,8-10,12,14-16,19,22,24,26-39H2,1-2H3,(H,48,49)/b7-5-,13-11-,18-17-,21-20-,25-23-/t40-,41+/m0/s1. The highest BCUT2D eigenvalue weighted by Crippen LogP contribution is 2.43. The number of unbranched alkanes of at least 4 members (excludes halogenated alkanes) is 14. The van der Waals surface area contributed by atoms with Crippen LogP contribution in [0.5, 0.6) is 0 Å². The molecule has 312 valence electrons. The number of aliphatic hydroxyl groups excluding tert-OH is 2. The molecule has 0 rings (SSSR count). The summed E-state index contributed by atoms with van der Waals surface area (Å²) in [5, 5.41) is 18.3. The van der Waals surface area contributed by atoms with Crippen LogP contribution in [0, 0.1) is 0 Å². The van der Waals surface area contributed by atoms with Crippen LogP contribution in [0.1, 0.15) is 162 Å². The summed E-state index contributed by atoms with van der Waals surface area (Å²) in [6.45, 7) is 2.21. The quantitative estimate of drug-likeness (QED) is 0.0239. The Bertz CT molecular complexity index is 1080. The first-order chi connectivity index (χ1) is 26.2. The SMILES string of the molecule is CC/C=C\C/C=C\C/C=C\C/C=C\C/C=C\CCCCCC(=O)O[C@H](COC(=O)CCCCCCCCCCCCCC)COP(=O)(O)OC[C@@H](O)CO. The molecule has 0 aliphatic carbocycles. The first-order valence-electron chi connectivity index (χ1n) is 20.7. The van der Waals surface area contributed by atoms with Crippen LogP contribution in [0.3, 0.4) is 0 Å². The third-order valence-electron chi connectivity index (χ3n) is 8.44. The van der Waals surface area contributed by atoms with Gasteiger partial charge in [0.25, 0.3) is 0 Å². The molecule has 0 heterocycles. The van der Waals surface area contributed by atoms with Crippen LogP contribution in [0.15, 0.2) is 60.8 Å². The summed E-state index contributed by atoms with van der Waals surface area (Å²) in [7, 11) is -4.62. The van der Waals surface area contributed by atoms with E-state index in [-0.39, 0.29) is 19.4 Å². The molecule has 0 amide bonds. The smallest absolute Gasteiger partial charge is 0.462 e. The number of rotatable bonds is 38. The van der Waals surface area contributed by atoms with Gasteiger partial charge in [0.15, 0.2) is 6.10 Å². The molecule has 0 saturated heterocycles. The van der Waals surface area contributed by atoms with Crippen LogP contribution >= 0.6 is 7.82 Å². The second kappa shape index (κ2) is 38.9. The Labute approximate surface area is 327 Å². The normalized spacial score (nSPS) is 14.5. The lowest BCUT2D eigenvalue weighted by atomic mass is 10.0. The molecule has 0 aliphatic heterocycles. The summed E-state index contributed by atoms with van der Waals surface area (Å²) in [4.78, 5) is 34.9. The van der Waals surface area contributed by atoms with Crippen LogP contribution in [0.25, 0.3) is 0 Å². The number of carbonyl (C=O) groups excluding carboxylic acids is 2. The molecular weight excluding hydrogens is 707 g/mol. The van der Waals surface area contributed by atoms with Gasteiger partial charge in [-0.3, -0.25) is 18.6 Å². The summed E-state index contributed by atoms with van der Waals surface area (Å²) in [5.74, 6) is -0.965. The van der Waals surface area contributed by atoms with Crippen LogP contribution in [0.2, 0.25) is 0 Å². The van der Waals surface area contributed by atoms with Crippen molar-refractivity contribution in [2.24, 2.45) is 0 Å². The highest BCUT2D eigenvalue weighted by Gasteiger charge is 2.27. The zero-order valence-corrected chi connectivity index (χ0v) is 34.6. The number of allylic oxidation sites excluding steroid dienone is 10. The highest BCUT2D eigenvalue weighted by atomic mass is 31.2. The number of phosphoric ester groups is 1. The van der Waals surface area contributed by atoms with Gasteiger partial charge in [-0.05, 0) is 57.8 Å². The molecule has 0 fully saturated rings. The molecule has 3 atom stereocenters. The molecule has 0 spiro atoms. The fraction of sp³-hybridized carbons (Fsp3) is 0.721. The van der Waals surface area contributed by atoms with Crippen molar-refractivity contribution < 1.29 is 47.8 Å². The average molecular weight is 783 g/mol. The largest absolute Gasteiger partial charge is 0.472 e. The van der Waals surface area contributed by atoms with Crippen molar-refractivity contribution in [2.45, 2.75) is 174 Å². The Hall–Kier alpha value is -2.33. The maximum absolute atomic E-state index is 12.6. The maximum atomic E-state index is 12.6. The number of ether oxygens (including phenoxy) is 2. The predicted octanol–water partition coefficient (Wildman–Crippen LogP) is 10.7. The van der Waals surface area contributed by atoms with Crippen LogP contribution in [0.4, 0.5) is 0 Å². The molecule has 0 aromatic rings. The molecule has 54 heavy (non-hydrogen) atoms. The summed E-state index contributed by atoms with van der Waals surface area (Å²) in [5.41, 5.74) is 0. The molecule has 0 radical (unpaired) electrons. The second-order valence-corrected chi connectivity index (χ2v) is 15.1. The number of phosphoric acid groups is 1. The van der Waals surface area contributed by atoms with Crippen molar-refractivity contribution in [2.75, 3.05) is 26.4 Å². The van der Waals surface area contributed by atoms with E-state index < -0.39 is 51.8 Å². The lowest BCUT2D eigenvalue weighted by Crippen LogP contribution is -2.29. The molecular formula is C43H75O10P. The molecule has 0 bridgehead atoms. The minimum absolute atomic E-state index is 0.144. The number of carbonyl (C=O) groups is 2. The minimum Gasteiger partial charge on any atom is -0.462 e. The third kappa shape index (κ3) is 38.0. The van der Waals surface area contributed by atoms with Crippen LogP contribution in [-0.4, -0.2) is 65.7 Å². The first kappa shape index (κ1) is 51.7. The van der Waals surface area contributed by atoms with E-state index in [9.17, 15) is 24.2 Å². The van der Waals surface area contributed by atoms with Crippen molar-refractivity contribution in [1.82, 2.24) is 0 Å². The van der Waals surface area contributed by atoms with Gasteiger partial charge in [0, 0.05) is 12.8 Å². The Morgan fingerprint density at radius 1 is 0.574 bits per heavy atom. The van der Waals surface area contributed by atoms with E-state index in [0.29, 0.717) is 12.8 Å². The van der Waals surface area contributed by atoms with Crippen LogP contribution in [-0.2, 0) is 32.7 Å². The van der Waals surface area contributed by atoms with Crippen molar-refractivity contribution in [3.8, 4) is 0 Å². The van der Waals surface area contributed by atoms with Gasteiger partial charge < -0.3 is 24.6 Å². The molecule has 0 aromatic carbocycles. The van der Waals surface area contributed by atoms with E-state index in [1.54, 1.807) is 0 Å². The van der Waals surface area contributed by atoms with E-state index in [1.165, 1.54) is 51.4 Å². The van der Waals surface area contributed by atoms with Gasteiger partial charge in [-0.25, -0.2) is 4.57 Å². The van der Waals surface area contributed by atoms with Gasteiger partial charge in [-0.1, -0.05) is 152 Å². The second-order valence-electron chi connectivity index (χ2n) is 13.6. The van der Waals surface area contributed by atoms with Gasteiger partial charge in [0.1, 0.15) is 12.7 Å². The maximum Gasteiger partial charge on any atom is 0.472 e. The summed E-state index contributed by atoms with van der Waals surface area (Å²) in [6, 6.07) is 0. The number of hydrogen-bond donors (Lipinski definition) is 3. The lowest BCUT2D eigenvalue weighted by molar-refractivity contribution is -0.161. The van der Waals surface area contributed by atoms with Gasteiger partial charge >= 0.3 is 19.8 Å². The lowest BCUT2D eigenvalue weighted by Gasteiger charge is -2.20. The Balaban J connectivity index is 4.39. The van der Waals surface area contributed by atoms with Gasteiger partial charge in [-0.2, -0.15) is 0 Å². The van der Waals surface area contributed by atoms with Crippen molar-refractivity contribution in [3.05, 3.63) is 60.8 Å². The first-order valence-corrected chi connectivity index (χ1v) is 22.2. The van der Waals surface area contributed by atoms with E-state index >= 15 is 0 Å². The summed E-state index contributed by atoms with van der Waals surface area (Å²) < 4.78 is 32.6. The molecule has 10 nitrogen and oxygen atoms in total. The van der Waals surface area contributed by atoms with Gasteiger partial charge in [0.2, 0.25) is 0 Å².